The van der Waals surface area contributed by atoms with Crippen LogP contribution in [0.1, 0.15) is 11.5 Å². The van der Waals surface area contributed by atoms with Crippen LogP contribution in [0.25, 0.3) is 27.6 Å². The monoisotopic (exact) mass is 441 g/mol. The summed E-state index contributed by atoms with van der Waals surface area (Å²) in [5.74, 6) is -1.66. The van der Waals surface area contributed by atoms with Gasteiger partial charge in [-0.2, -0.15) is 22.7 Å². The molecule has 0 saturated carbocycles. The third-order valence-corrected chi connectivity index (χ3v) is 5.52. The van der Waals surface area contributed by atoms with E-state index in [4.69, 9.17) is 0 Å². The molecule has 3 heterocycles. The van der Waals surface area contributed by atoms with Crippen LogP contribution in [0.15, 0.2) is 59.4 Å². The van der Waals surface area contributed by atoms with Gasteiger partial charge in [-0.05, 0) is 19.1 Å². The molecule has 10 heteroatoms. The number of hydrogen-bond acceptors (Lipinski definition) is 4. The van der Waals surface area contributed by atoms with E-state index in [2.05, 4.69) is 10.1 Å². The maximum Gasteiger partial charge on any atom is 0.453 e. The largest absolute Gasteiger partial charge is 0.453 e. The second kappa shape index (κ2) is 7.20. The number of nitrogens with zero attached hydrogens (tertiary/aromatic N) is 5. The van der Waals surface area contributed by atoms with E-state index < -0.39 is 23.7 Å². The summed E-state index contributed by atoms with van der Waals surface area (Å²) in [6, 6.07) is 16.8. The van der Waals surface area contributed by atoms with E-state index in [1.807, 2.05) is 53.1 Å². The van der Waals surface area contributed by atoms with Gasteiger partial charge in [0, 0.05) is 33.6 Å². The summed E-state index contributed by atoms with van der Waals surface area (Å²) >= 11 is 0. The summed E-state index contributed by atoms with van der Waals surface area (Å²) in [5.41, 5.74) is 1.55. The van der Waals surface area contributed by atoms with Crippen molar-refractivity contribution >= 4 is 27.6 Å². The third-order valence-electron chi connectivity index (χ3n) is 5.52. The summed E-state index contributed by atoms with van der Waals surface area (Å²) in [7, 11) is 0. The second-order valence-corrected chi connectivity index (χ2v) is 7.68. The lowest BCUT2D eigenvalue weighted by atomic mass is 10.2. The first-order valence-corrected chi connectivity index (χ1v) is 9.92. The average molecular weight is 441 g/mol. The molecule has 1 N–H and O–H groups in total. The summed E-state index contributed by atoms with van der Waals surface area (Å²) in [5, 5.41) is 16.3. The Balaban J connectivity index is 1.56. The van der Waals surface area contributed by atoms with Crippen LogP contribution in [0.5, 0.6) is 0 Å². The van der Waals surface area contributed by atoms with Crippen molar-refractivity contribution in [2.24, 2.45) is 0 Å². The summed E-state index contributed by atoms with van der Waals surface area (Å²) < 4.78 is 43.3. The molecular formula is C22H18F3N5O2. The smallest absolute Gasteiger partial charge is 0.389 e. The van der Waals surface area contributed by atoms with E-state index in [1.54, 1.807) is 6.92 Å². The fourth-order valence-corrected chi connectivity index (χ4v) is 4.13. The topological polar surface area (TPSA) is 77.3 Å². The van der Waals surface area contributed by atoms with Crippen LogP contribution < -0.4 is 5.56 Å². The maximum absolute atomic E-state index is 13.1. The van der Waals surface area contributed by atoms with Crippen molar-refractivity contribution in [3.05, 3.63) is 76.5 Å². The van der Waals surface area contributed by atoms with E-state index in [1.165, 1.54) is 10.6 Å². The van der Waals surface area contributed by atoms with Crippen molar-refractivity contribution in [2.75, 3.05) is 0 Å². The number of alkyl halides is 3. The summed E-state index contributed by atoms with van der Waals surface area (Å²) in [6.07, 6.45) is -5.75. The molecule has 2 aromatic carbocycles. The predicted octanol–water partition coefficient (Wildman–Crippen LogP) is 3.39. The van der Waals surface area contributed by atoms with Gasteiger partial charge in [-0.3, -0.25) is 4.79 Å². The zero-order valence-electron chi connectivity index (χ0n) is 16.9. The first-order chi connectivity index (χ1) is 15.2. The van der Waals surface area contributed by atoms with Crippen LogP contribution in [0, 0.1) is 6.92 Å². The number of aryl methyl sites for hydroxylation is 1. The highest BCUT2D eigenvalue weighted by Crippen LogP contribution is 2.29. The van der Waals surface area contributed by atoms with Gasteiger partial charge >= 0.3 is 6.18 Å². The molecule has 5 aromatic rings. The molecule has 0 saturated heterocycles. The molecule has 3 aromatic heterocycles. The quantitative estimate of drug-likeness (QED) is 0.464. The fourth-order valence-electron chi connectivity index (χ4n) is 4.13. The number of benzene rings is 2. The molecule has 5 rings (SSSR count). The zero-order chi connectivity index (χ0) is 22.6. The normalized spacial score (nSPS) is 13.4. The molecule has 1 atom stereocenters. The Bertz CT molecular complexity index is 1480. The summed E-state index contributed by atoms with van der Waals surface area (Å²) in [4.78, 5) is 15.7. The Labute approximate surface area is 179 Å². The molecule has 0 unspecified atom stereocenters. The standard InChI is InChI=1S/C22H18F3N5O2/c1-13-10-19(32)30-21(26-20(27-30)22(23,24)25)28(13)11-14(31)12-29-17-8-4-2-6-15(17)16-7-3-5-9-18(16)29/h2-10,14,31H,11-12H2,1H3/t14-/m0/s1. The van der Waals surface area contributed by atoms with Crippen LogP contribution in [0.2, 0.25) is 0 Å². The van der Waals surface area contributed by atoms with Crippen molar-refractivity contribution in [3.63, 3.8) is 0 Å². The molecule has 0 aliphatic rings. The number of aliphatic hydroxyl groups is 1. The minimum absolute atomic E-state index is 0.0631. The van der Waals surface area contributed by atoms with Gasteiger partial charge in [0.1, 0.15) is 0 Å². The van der Waals surface area contributed by atoms with Crippen molar-refractivity contribution in [1.82, 2.24) is 23.7 Å². The molecule has 0 spiro atoms. The first-order valence-electron chi connectivity index (χ1n) is 9.92. The first kappa shape index (κ1) is 20.3. The molecule has 32 heavy (non-hydrogen) atoms. The molecule has 0 fully saturated rings. The lowest BCUT2D eigenvalue weighted by molar-refractivity contribution is -0.144. The molecule has 164 valence electrons. The fraction of sp³-hybridized carbons (Fsp3) is 0.227. The highest BCUT2D eigenvalue weighted by molar-refractivity contribution is 6.07. The van der Waals surface area contributed by atoms with Gasteiger partial charge in [-0.15, -0.1) is 5.10 Å². The van der Waals surface area contributed by atoms with Gasteiger partial charge in [0.2, 0.25) is 5.78 Å². The molecule has 0 aliphatic carbocycles. The van der Waals surface area contributed by atoms with Gasteiger partial charge in [0.25, 0.3) is 11.4 Å². The second-order valence-electron chi connectivity index (χ2n) is 7.68. The number of halogens is 3. The van der Waals surface area contributed by atoms with Crippen LogP contribution in [-0.4, -0.2) is 34.9 Å². The van der Waals surface area contributed by atoms with Crippen molar-refractivity contribution in [1.29, 1.82) is 0 Å². The molecule has 7 nitrogen and oxygen atoms in total. The SMILES string of the molecule is Cc1cc(=O)n2nc(C(F)(F)F)nc2n1C[C@H](O)Cn1c2ccccc2c2ccccc21. The number of aliphatic hydroxyl groups excluding tert-OH is 1. The average Bonchev–Trinajstić information content (AvgIpc) is 3.33. The Morgan fingerprint density at radius 2 is 1.53 bits per heavy atom. The molecule has 0 bridgehead atoms. The lowest BCUT2D eigenvalue weighted by Gasteiger charge is -2.18. The Morgan fingerprint density at radius 3 is 2.12 bits per heavy atom. The van der Waals surface area contributed by atoms with E-state index >= 15 is 0 Å². The van der Waals surface area contributed by atoms with Crippen LogP contribution >= 0.6 is 0 Å². The molecule has 0 amide bonds. The Kier molecular flexibility index (Phi) is 4.55. The van der Waals surface area contributed by atoms with Crippen molar-refractivity contribution in [2.45, 2.75) is 32.3 Å². The zero-order valence-corrected chi connectivity index (χ0v) is 16.9. The van der Waals surface area contributed by atoms with E-state index in [-0.39, 0.29) is 18.9 Å². The van der Waals surface area contributed by atoms with Crippen LogP contribution in [-0.2, 0) is 19.3 Å². The minimum Gasteiger partial charge on any atom is -0.389 e. The van der Waals surface area contributed by atoms with Gasteiger partial charge in [-0.1, -0.05) is 36.4 Å². The number of rotatable bonds is 4. The third kappa shape index (κ3) is 3.23. The van der Waals surface area contributed by atoms with Gasteiger partial charge in [0.05, 0.1) is 19.2 Å². The number of aromatic nitrogens is 5. The van der Waals surface area contributed by atoms with Crippen molar-refractivity contribution < 1.29 is 18.3 Å². The maximum atomic E-state index is 13.1. The van der Waals surface area contributed by atoms with Crippen LogP contribution in [0.4, 0.5) is 13.2 Å². The number of para-hydroxylation sites is 2. The van der Waals surface area contributed by atoms with Gasteiger partial charge < -0.3 is 14.2 Å². The number of fused-ring (bicyclic) bond motifs is 4. The van der Waals surface area contributed by atoms with E-state index in [0.29, 0.717) is 10.2 Å². The Hall–Kier alpha value is -3.66. The van der Waals surface area contributed by atoms with E-state index in [0.717, 1.165) is 21.8 Å². The van der Waals surface area contributed by atoms with Crippen LogP contribution in [0.3, 0.4) is 0 Å². The predicted molar refractivity (Wildman–Crippen MR) is 112 cm³/mol. The van der Waals surface area contributed by atoms with E-state index in [9.17, 15) is 23.1 Å². The number of hydrogen-bond donors (Lipinski definition) is 1. The summed E-state index contributed by atoms with van der Waals surface area (Å²) in [6.45, 7) is 1.72. The minimum atomic E-state index is -4.79. The highest BCUT2D eigenvalue weighted by atomic mass is 19.4. The van der Waals surface area contributed by atoms with Gasteiger partial charge in [-0.25, -0.2) is 0 Å². The van der Waals surface area contributed by atoms with Crippen molar-refractivity contribution in [3.8, 4) is 0 Å². The highest BCUT2D eigenvalue weighted by Gasteiger charge is 2.37. The van der Waals surface area contributed by atoms with Gasteiger partial charge in [0.15, 0.2) is 0 Å². The molecule has 0 aliphatic heterocycles. The lowest BCUT2D eigenvalue weighted by Crippen LogP contribution is -2.27. The molecular weight excluding hydrogens is 423 g/mol. The molecule has 0 radical (unpaired) electrons. The Morgan fingerprint density at radius 1 is 0.969 bits per heavy atom.